The molecule has 1 saturated heterocycles. The summed E-state index contributed by atoms with van der Waals surface area (Å²) in [7, 11) is 0. The minimum absolute atomic E-state index is 0.0282. The number of ether oxygens (including phenoxy) is 1. The van der Waals surface area contributed by atoms with Crippen LogP contribution in [0.3, 0.4) is 0 Å². The van der Waals surface area contributed by atoms with E-state index < -0.39 is 30.0 Å². The maximum atomic E-state index is 14.0. The highest BCUT2D eigenvalue weighted by Crippen LogP contribution is 2.42. The van der Waals surface area contributed by atoms with Gasteiger partial charge in [0.25, 0.3) is 0 Å². The number of furan rings is 1. The number of piperidine rings is 1. The van der Waals surface area contributed by atoms with Gasteiger partial charge in [-0.05, 0) is 37.8 Å². The van der Waals surface area contributed by atoms with Crippen LogP contribution < -0.4 is 16.2 Å². The van der Waals surface area contributed by atoms with E-state index in [1.165, 1.54) is 18.5 Å². The Balaban J connectivity index is 1.55. The van der Waals surface area contributed by atoms with Gasteiger partial charge in [0.15, 0.2) is 17.4 Å². The summed E-state index contributed by atoms with van der Waals surface area (Å²) in [6.07, 6.45) is -1.79. The number of alkyl halides is 3. The number of anilines is 1. The van der Waals surface area contributed by atoms with Crippen LogP contribution in [0.25, 0.3) is 11.0 Å². The number of nitrogens with zero attached hydrogens (tertiary/aromatic N) is 2. The lowest BCUT2D eigenvalue weighted by molar-refractivity contribution is -0.170. The molecule has 4 rings (SSSR count). The summed E-state index contributed by atoms with van der Waals surface area (Å²) in [6.45, 7) is 1.84. The van der Waals surface area contributed by atoms with Crippen LogP contribution in [0.4, 0.5) is 23.4 Å². The van der Waals surface area contributed by atoms with E-state index in [4.69, 9.17) is 43.8 Å². The summed E-state index contributed by atoms with van der Waals surface area (Å²) in [5, 5.41) is 0.624. The number of hydrogen-bond acceptors (Lipinski definition) is 6. The predicted molar refractivity (Wildman–Crippen MR) is 126 cm³/mol. The van der Waals surface area contributed by atoms with E-state index in [-0.39, 0.29) is 46.2 Å². The summed E-state index contributed by atoms with van der Waals surface area (Å²) >= 11 is 12.3. The molecule has 0 spiro atoms. The van der Waals surface area contributed by atoms with Crippen molar-refractivity contribution >= 4 is 45.9 Å². The zero-order chi connectivity index (χ0) is 26.4. The lowest BCUT2D eigenvalue weighted by atomic mass is 9.89. The zero-order valence-corrected chi connectivity index (χ0v) is 20.4. The molecule has 1 fully saturated rings. The van der Waals surface area contributed by atoms with Gasteiger partial charge in [0.05, 0.1) is 11.3 Å². The first kappa shape index (κ1) is 26.3. The van der Waals surface area contributed by atoms with Gasteiger partial charge in [-0.25, -0.2) is 9.37 Å². The molecule has 4 N–H and O–H groups in total. The van der Waals surface area contributed by atoms with Crippen molar-refractivity contribution in [3.05, 3.63) is 51.6 Å². The number of halogens is 6. The molecule has 3 heterocycles. The topological polar surface area (TPSA) is 108 Å². The van der Waals surface area contributed by atoms with Crippen molar-refractivity contribution in [1.82, 2.24) is 9.88 Å². The molecule has 3 aromatic rings. The Hall–Kier alpha value is -2.76. The van der Waals surface area contributed by atoms with Crippen LogP contribution in [0, 0.1) is 5.82 Å². The molecule has 2 atom stereocenters. The molecular formula is C23H22Cl2F4N4O3. The number of nitrogen functional groups attached to an aromatic ring is 1. The van der Waals surface area contributed by atoms with E-state index in [2.05, 4.69) is 4.98 Å². The number of nitrogens with two attached hydrogens (primary N) is 2. The van der Waals surface area contributed by atoms with Gasteiger partial charge >= 0.3 is 6.18 Å². The SMILES string of the molecule is CC(Oc1c(N)ncc2c(C3CCN(C(=O)C(N)C(F)(F)F)CC3)coc12)c1c(Cl)ccc(F)c1Cl. The van der Waals surface area contributed by atoms with E-state index in [1.54, 1.807) is 6.92 Å². The third kappa shape index (κ3) is 4.91. The molecule has 13 heteroatoms. The lowest BCUT2D eigenvalue weighted by Crippen LogP contribution is -2.53. The fraction of sp³-hybridized carbons (Fsp3) is 0.391. The normalized spacial score (nSPS) is 16.8. The second kappa shape index (κ2) is 9.95. The number of hydrogen-bond donors (Lipinski definition) is 2. The van der Waals surface area contributed by atoms with Gasteiger partial charge in [-0.2, -0.15) is 13.2 Å². The van der Waals surface area contributed by atoms with E-state index in [0.717, 1.165) is 16.5 Å². The summed E-state index contributed by atoms with van der Waals surface area (Å²) in [6, 6.07) is -0.0340. The number of benzene rings is 1. The van der Waals surface area contributed by atoms with E-state index >= 15 is 0 Å². The Labute approximate surface area is 213 Å². The highest BCUT2D eigenvalue weighted by Gasteiger charge is 2.44. The van der Waals surface area contributed by atoms with Crippen LogP contribution in [0.15, 0.2) is 29.0 Å². The number of fused-ring (bicyclic) bond motifs is 1. The number of pyridine rings is 1. The van der Waals surface area contributed by atoms with Crippen LogP contribution in [0.5, 0.6) is 5.75 Å². The molecule has 0 bridgehead atoms. The fourth-order valence-corrected chi connectivity index (χ4v) is 5.01. The number of amides is 1. The third-order valence-corrected chi connectivity index (χ3v) is 6.99. The molecule has 1 aliphatic heterocycles. The summed E-state index contributed by atoms with van der Waals surface area (Å²) in [4.78, 5) is 17.4. The van der Waals surface area contributed by atoms with Gasteiger partial charge in [-0.1, -0.05) is 23.2 Å². The Bertz CT molecular complexity index is 1290. The van der Waals surface area contributed by atoms with Gasteiger partial charge < -0.3 is 25.5 Å². The maximum Gasteiger partial charge on any atom is 0.412 e. The van der Waals surface area contributed by atoms with Gasteiger partial charge in [-0.15, -0.1) is 0 Å². The molecule has 2 unspecified atom stereocenters. The summed E-state index contributed by atoms with van der Waals surface area (Å²) in [5.41, 5.74) is 12.4. The quantitative estimate of drug-likeness (QED) is 0.317. The van der Waals surface area contributed by atoms with Crippen molar-refractivity contribution in [3.8, 4) is 5.75 Å². The van der Waals surface area contributed by atoms with Crippen molar-refractivity contribution < 1.29 is 31.5 Å². The zero-order valence-electron chi connectivity index (χ0n) is 18.9. The van der Waals surface area contributed by atoms with Crippen molar-refractivity contribution in [2.24, 2.45) is 5.73 Å². The Morgan fingerprint density at radius 3 is 2.58 bits per heavy atom. The largest absolute Gasteiger partial charge is 0.478 e. The molecule has 36 heavy (non-hydrogen) atoms. The minimum atomic E-state index is -4.80. The van der Waals surface area contributed by atoms with Crippen LogP contribution in [-0.2, 0) is 4.79 Å². The van der Waals surface area contributed by atoms with Crippen LogP contribution in [-0.4, -0.2) is 41.1 Å². The lowest BCUT2D eigenvalue weighted by Gasteiger charge is -2.33. The van der Waals surface area contributed by atoms with Crippen LogP contribution in [0.2, 0.25) is 10.0 Å². The average molecular weight is 549 g/mol. The maximum absolute atomic E-state index is 14.0. The standard InChI is InChI=1S/C23H22Cl2F4N4O3/c1-10(16-14(24)2-3-15(26)17(16)25)36-19-18-12(8-32-21(19)31)13(9-35-18)11-4-6-33(7-5-11)22(34)20(30)23(27,28)29/h2-3,8-11,20H,4-7,30H2,1H3,(H2,31,32). The first-order valence-corrected chi connectivity index (χ1v) is 11.7. The number of carbonyl (C=O) groups excluding carboxylic acids is 1. The Kier molecular flexibility index (Phi) is 7.27. The molecule has 194 valence electrons. The van der Waals surface area contributed by atoms with E-state index in [1.807, 2.05) is 0 Å². The molecular weight excluding hydrogens is 527 g/mol. The van der Waals surface area contributed by atoms with Crippen LogP contribution in [0.1, 0.15) is 42.9 Å². The molecule has 7 nitrogen and oxygen atoms in total. The van der Waals surface area contributed by atoms with Gasteiger partial charge in [-0.3, -0.25) is 4.79 Å². The molecule has 0 saturated carbocycles. The monoisotopic (exact) mass is 548 g/mol. The molecule has 1 amide bonds. The molecule has 0 aliphatic carbocycles. The number of aromatic nitrogens is 1. The second-order valence-electron chi connectivity index (χ2n) is 8.54. The number of likely N-dealkylation sites (tertiary alicyclic amines) is 1. The smallest absolute Gasteiger partial charge is 0.412 e. The predicted octanol–water partition coefficient (Wildman–Crippen LogP) is 5.59. The van der Waals surface area contributed by atoms with Crippen LogP contribution >= 0.6 is 23.2 Å². The van der Waals surface area contributed by atoms with Crippen molar-refractivity contribution in [2.75, 3.05) is 18.8 Å². The van der Waals surface area contributed by atoms with E-state index in [0.29, 0.717) is 23.8 Å². The molecule has 0 radical (unpaired) electrons. The van der Waals surface area contributed by atoms with Crippen molar-refractivity contribution in [2.45, 2.75) is 44.0 Å². The minimum Gasteiger partial charge on any atom is -0.478 e. The molecule has 1 aliphatic rings. The second-order valence-corrected chi connectivity index (χ2v) is 9.33. The number of rotatable bonds is 5. The molecule has 2 aromatic heterocycles. The Morgan fingerprint density at radius 2 is 1.94 bits per heavy atom. The number of carbonyl (C=O) groups is 1. The van der Waals surface area contributed by atoms with Gasteiger partial charge in [0.2, 0.25) is 11.7 Å². The first-order valence-electron chi connectivity index (χ1n) is 11.0. The summed E-state index contributed by atoms with van der Waals surface area (Å²) < 4.78 is 64.2. The highest BCUT2D eigenvalue weighted by molar-refractivity contribution is 6.36. The Morgan fingerprint density at radius 1 is 1.28 bits per heavy atom. The summed E-state index contributed by atoms with van der Waals surface area (Å²) in [5.74, 6) is -1.77. The van der Waals surface area contributed by atoms with E-state index in [9.17, 15) is 22.4 Å². The van der Waals surface area contributed by atoms with Gasteiger partial charge in [0, 0.05) is 40.8 Å². The average Bonchev–Trinajstić information content (AvgIpc) is 3.26. The molecule has 1 aromatic carbocycles. The van der Waals surface area contributed by atoms with Crippen molar-refractivity contribution in [3.63, 3.8) is 0 Å². The first-order chi connectivity index (χ1) is 16.9. The highest BCUT2D eigenvalue weighted by atomic mass is 35.5. The van der Waals surface area contributed by atoms with Gasteiger partial charge in [0.1, 0.15) is 11.9 Å². The fourth-order valence-electron chi connectivity index (χ4n) is 4.33. The van der Waals surface area contributed by atoms with Crippen molar-refractivity contribution in [1.29, 1.82) is 0 Å². The third-order valence-electron chi connectivity index (χ3n) is 6.28.